The van der Waals surface area contributed by atoms with Crippen molar-refractivity contribution in [2.45, 2.75) is 19.4 Å². The van der Waals surface area contributed by atoms with Crippen LogP contribution in [0.15, 0.2) is 23.0 Å². The number of carboxylic acid groups (broad SMARTS) is 1. The molecule has 0 saturated carbocycles. The van der Waals surface area contributed by atoms with Crippen molar-refractivity contribution in [2.24, 2.45) is 5.92 Å². The molecule has 1 aromatic heterocycles. The third-order valence-electron chi connectivity index (χ3n) is 3.80. The Balaban J connectivity index is 1.96. The Morgan fingerprint density at radius 1 is 1.40 bits per heavy atom. The highest BCUT2D eigenvalue weighted by Crippen LogP contribution is 2.25. The van der Waals surface area contributed by atoms with Crippen molar-refractivity contribution in [2.75, 3.05) is 11.5 Å². The standard InChI is InChI=1S/C14H16N2O3S/c17-13(18)10-1-2-12-11(7-10)15-14(19)16(12)8-9-3-5-20-6-4-9/h1-2,7,9H,3-6,8H2,(H,15,19)(H,17,18). The van der Waals surface area contributed by atoms with E-state index in [1.165, 1.54) is 6.07 Å². The topological polar surface area (TPSA) is 75.1 Å². The predicted molar refractivity (Wildman–Crippen MR) is 79.6 cm³/mol. The lowest BCUT2D eigenvalue weighted by molar-refractivity contribution is 0.0697. The molecular weight excluding hydrogens is 276 g/mol. The van der Waals surface area contributed by atoms with Crippen LogP contribution in [0.25, 0.3) is 11.0 Å². The number of imidazole rings is 1. The van der Waals surface area contributed by atoms with Crippen LogP contribution in [0.1, 0.15) is 23.2 Å². The predicted octanol–water partition coefficient (Wildman–Crippen LogP) is 2.17. The summed E-state index contributed by atoms with van der Waals surface area (Å²) in [5, 5.41) is 8.98. The van der Waals surface area contributed by atoms with Gasteiger partial charge < -0.3 is 10.1 Å². The molecule has 2 aromatic rings. The van der Waals surface area contributed by atoms with E-state index in [9.17, 15) is 9.59 Å². The number of thioether (sulfide) groups is 1. The van der Waals surface area contributed by atoms with E-state index in [4.69, 9.17) is 5.11 Å². The van der Waals surface area contributed by atoms with Gasteiger partial charge in [0.25, 0.3) is 0 Å². The zero-order valence-electron chi connectivity index (χ0n) is 11.0. The molecule has 2 N–H and O–H groups in total. The molecule has 0 aliphatic carbocycles. The van der Waals surface area contributed by atoms with Crippen molar-refractivity contribution < 1.29 is 9.90 Å². The molecule has 20 heavy (non-hydrogen) atoms. The molecule has 2 heterocycles. The maximum atomic E-state index is 12.0. The van der Waals surface area contributed by atoms with E-state index in [2.05, 4.69) is 4.98 Å². The summed E-state index contributed by atoms with van der Waals surface area (Å²) < 4.78 is 1.74. The Hall–Kier alpha value is -1.69. The third-order valence-corrected chi connectivity index (χ3v) is 4.85. The number of nitrogens with one attached hydrogen (secondary N) is 1. The summed E-state index contributed by atoms with van der Waals surface area (Å²) in [4.78, 5) is 25.8. The minimum Gasteiger partial charge on any atom is -0.478 e. The van der Waals surface area contributed by atoms with Gasteiger partial charge in [0.2, 0.25) is 0 Å². The molecule has 5 nitrogen and oxygen atoms in total. The number of H-pyrrole nitrogens is 1. The van der Waals surface area contributed by atoms with Crippen molar-refractivity contribution in [3.63, 3.8) is 0 Å². The number of hydrogen-bond donors (Lipinski definition) is 2. The molecule has 106 valence electrons. The number of aromatic amines is 1. The van der Waals surface area contributed by atoms with Crippen LogP contribution in [-0.4, -0.2) is 32.1 Å². The molecule has 0 amide bonds. The quantitative estimate of drug-likeness (QED) is 0.909. The van der Waals surface area contributed by atoms with Crippen LogP contribution < -0.4 is 5.69 Å². The van der Waals surface area contributed by atoms with Gasteiger partial charge >= 0.3 is 11.7 Å². The number of hydrogen-bond acceptors (Lipinski definition) is 3. The molecule has 0 radical (unpaired) electrons. The molecule has 0 bridgehead atoms. The van der Waals surface area contributed by atoms with Crippen LogP contribution in [-0.2, 0) is 6.54 Å². The second-order valence-electron chi connectivity index (χ2n) is 5.13. The molecular formula is C14H16N2O3S. The molecule has 1 aliphatic heterocycles. The average molecular weight is 292 g/mol. The molecule has 1 fully saturated rings. The molecule has 0 atom stereocenters. The fourth-order valence-corrected chi connectivity index (χ4v) is 3.87. The highest BCUT2D eigenvalue weighted by atomic mass is 32.2. The van der Waals surface area contributed by atoms with Gasteiger partial charge in [-0.3, -0.25) is 4.57 Å². The fourth-order valence-electron chi connectivity index (χ4n) is 2.67. The van der Waals surface area contributed by atoms with E-state index < -0.39 is 5.97 Å². The Bertz CT molecular complexity index is 698. The molecule has 0 spiro atoms. The number of aromatic carboxylic acids is 1. The normalized spacial score (nSPS) is 16.6. The summed E-state index contributed by atoms with van der Waals surface area (Å²) in [5.41, 5.74) is 1.43. The summed E-state index contributed by atoms with van der Waals surface area (Å²) in [5.74, 6) is 1.87. The third kappa shape index (κ3) is 2.47. The summed E-state index contributed by atoms with van der Waals surface area (Å²) in [6, 6.07) is 4.78. The summed E-state index contributed by atoms with van der Waals surface area (Å²) >= 11 is 1.96. The van der Waals surface area contributed by atoms with Gasteiger partial charge in [0.05, 0.1) is 16.6 Å². The Morgan fingerprint density at radius 2 is 2.15 bits per heavy atom. The zero-order chi connectivity index (χ0) is 14.1. The van der Waals surface area contributed by atoms with Gasteiger partial charge in [0.1, 0.15) is 0 Å². The van der Waals surface area contributed by atoms with E-state index >= 15 is 0 Å². The lowest BCUT2D eigenvalue weighted by atomic mass is 10.0. The minimum atomic E-state index is -0.982. The second kappa shape index (κ2) is 5.36. The minimum absolute atomic E-state index is 0.152. The highest BCUT2D eigenvalue weighted by molar-refractivity contribution is 7.99. The largest absolute Gasteiger partial charge is 0.478 e. The maximum absolute atomic E-state index is 12.0. The number of carbonyl (C=O) groups is 1. The van der Waals surface area contributed by atoms with Crippen LogP contribution in [0, 0.1) is 5.92 Å². The fraction of sp³-hybridized carbons (Fsp3) is 0.429. The van der Waals surface area contributed by atoms with E-state index in [-0.39, 0.29) is 11.3 Å². The molecule has 1 aliphatic rings. The lowest BCUT2D eigenvalue weighted by Crippen LogP contribution is -2.23. The van der Waals surface area contributed by atoms with E-state index in [1.54, 1.807) is 16.7 Å². The van der Waals surface area contributed by atoms with Crippen molar-refractivity contribution in [1.82, 2.24) is 9.55 Å². The Labute approximate surface area is 120 Å². The lowest BCUT2D eigenvalue weighted by Gasteiger charge is -2.21. The van der Waals surface area contributed by atoms with Crippen LogP contribution in [0.5, 0.6) is 0 Å². The van der Waals surface area contributed by atoms with Gasteiger partial charge in [-0.2, -0.15) is 11.8 Å². The van der Waals surface area contributed by atoms with Gasteiger partial charge in [0, 0.05) is 6.54 Å². The number of nitrogens with zero attached hydrogens (tertiary/aromatic N) is 1. The van der Waals surface area contributed by atoms with Crippen LogP contribution in [0.3, 0.4) is 0 Å². The van der Waals surface area contributed by atoms with E-state index in [0.29, 0.717) is 18.0 Å². The monoisotopic (exact) mass is 292 g/mol. The first-order chi connectivity index (χ1) is 9.65. The van der Waals surface area contributed by atoms with Crippen molar-refractivity contribution in [3.8, 4) is 0 Å². The number of rotatable bonds is 3. The Kier molecular flexibility index (Phi) is 3.56. The van der Waals surface area contributed by atoms with E-state index in [1.807, 2.05) is 11.8 Å². The summed E-state index contributed by atoms with van der Waals surface area (Å²) in [6.07, 6.45) is 2.27. The maximum Gasteiger partial charge on any atom is 0.335 e. The van der Waals surface area contributed by atoms with E-state index in [0.717, 1.165) is 29.9 Å². The van der Waals surface area contributed by atoms with Crippen molar-refractivity contribution >= 4 is 28.8 Å². The first-order valence-electron chi connectivity index (χ1n) is 6.69. The smallest absolute Gasteiger partial charge is 0.335 e. The van der Waals surface area contributed by atoms with Gasteiger partial charge in [-0.1, -0.05) is 0 Å². The molecule has 0 unspecified atom stereocenters. The number of benzene rings is 1. The summed E-state index contributed by atoms with van der Waals surface area (Å²) in [7, 11) is 0. The van der Waals surface area contributed by atoms with Gasteiger partial charge in [-0.15, -0.1) is 0 Å². The summed E-state index contributed by atoms with van der Waals surface area (Å²) in [6.45, 7) is 0.714. The van der Waals surface area contributed by atoms with Crippen LogP contribution >= 0.6 is 11.8 Å². The number of fused-ring (bicyclic) bond motifs is 1. The first-order valence-corrected chi connectivity index (χ1v) is 7.84. The SMILES string of the molecule is O=C(O)c1ccc2c(c1)[nH]c(=O)n2CC1CCSCC1. The van der Waals surface area contributed by atoms with Gasteiger partial charge in [0.15, 0.2) is 0 Å². The van der Waals surface area contributed by atoms with Gasteiger partial charge in [-0.05, 0) is 48.5 Å². The molecule has 6 heteroatoms. The second-order valence-corrected chi connectivity index (χ2v) is 6.36. The highest BCUT2D eigenvalue weighted by Gasteiger charge is 2.17. The molecule has 3 rings (SSSR count). The average Bonchev–Trinajstić information content (AvgIpc) is 2.75. The Morgan fingerprint density at radius 3 is 2.85 bits per heavy atom. The van der Waals surface area contributed by atoms with Gasteiger partial charge in [-0.25, -0.2) is 9.59 Å². The zero-order valence-corrected chi connectivity index (χ0v) is 11.8. The van der Waals surface area contributed by atoms with Crippen LogP contribution in [0.2, 0.25) is 0 Å². The molecule has 1 saturated heterocycles. The van der Waals surface area contributed by atoms with Crippen molar-refractivity contribution in [1.29, 1.82) is 0 Å². The first kappa shape index (κ1) is 13.3. The van der Waals surface area contributed by atoms with Crippen molar-refractivity contribution in [3.05, 3.63) is 34.2 Å². The van der Waals surface area contributed by atoms with Crippen LogP contribution in [0.4, 0.5) is 0 Å². The number of carboxylic acids is 1. The molecule has 1 aromatic carbocycles. The number of aromatic nitrogens is 2.